The summed E-state index contributed by atoms with van der Waals surface area (Å²) in [5.41, 5.74) is 5.10. The first-order chi connectivity index (χ1) is 13.4. The van der Waals surface area contributed by atoms with Crippen molar-refractivity contribution >= 4 is 31.5 Å². The van der Waals surface area contributed by atoms with Gasteiger partial charge in [-0.25, -0.2) is 0 Å². The van der Waals surface area contributed by atoms with E-state index in [4.69, 9.17) is 0 Å². The maximum Gasteiger partial charge on any atom is 0.0361 e. The van der Waals surface area contributed by atoms with E-state index in [-0.39, 0.29) is 0 Å². The van der Waals surface area contributed by atoms with Crippen LogP contribution in [-0.2, 0) is 0 Å². The zero-order valence-electron chi connectivity index (χ0n) is 15.6. The minimum Gasteiger partial charge on any atom is -0.135 e. The van der Waals surface area contributed by atoms with E-state index in [9.17, 15) is 0 Å². The molecule has 0 unspecified atom stereocenters. The van der Waals surface area contributed by atoms with Gasteiger partial charge < -0.3 is 0 Å². The molecule has 0 spiro atoms. The summed E-state index contributed by atoms with van der Waals surface area (Å²) in [7, 11) is 0. The van der Waals surface area contributed by atoms with Crippen LogP contribution < -0.4 is 0 Å². The molecule has 5 rings (SSSR count). The molecule has 0 bridgehead atoms. The standard InChI is InChI=1S/C24H16S.C2H6/c1-2-8-17(9-3-1)18-10-6-11-19(16-18)20-13-7-15-23-24(20)21-12-4-5-14-22(21)25-23;1-2/h1-16H;1-2H3. The molecule has 5 aromatic rings. The minimum absolute atomic E-state index is 1.26. The lowest BCUT2D eigenvalue weighted by molar-refractivity contribution is 1.50. The molecule has 4 aromatic carbocycles. The number of fused-ring (bicyclic) bond motifs is 3. The van der Waals surface area contributed by atoms with Crippen LogP contribution in [0.3, 0.4) is 0 Å². The topological polar surface area (TPSA) is 0 Å². The van der Waals surface area contributed by atoms with Crippen LogP contribution in [0.4, 0.5) is 0 Å². The highest BCUT2D eigenvalue weighted by atomic mass is 32.1. The van der Waals surface area contributed by atoms with Gasteiger partial charge in [-0.05, 0) is 40.5 Å². The second-order valence-corrected chi connectivity index (χ2v) is 7.31. The zero-order valence-corrected chi connectivity index (χ0v) is 16.5. The number of hydrogen-bond donors (Lipinski definition) is 0. The lowest BCUT2D eigenvalue weighted by Gasteiger charge is -2.08. The van der Waals surface area contributed by atoms with E-state index in [2.05, 4.69) is 97.1 Å². The molecule has 1 heteroatoms. The molecule has 0 radical (unpaired) electrons. The molecule has 0 saturated carbocycles. The third-order valence-electron chi connectivity index (χ3n) is 4.68. The first-order valence-electron chi connectivity index (χ1n) is 9.46. The van der Waals surface area contributed by atoms with Gasteiger partial charge in [0.1, 0.15) is 0 Å². The average molecular weight is 367 g/mol. The highest BCUT2D eigenvalue weighted by Crippen LogP contribution is 2.40. The first kappa shape index (κ1) is 17.5. The minimum atomic E-state index is 1.26. The summed E-state index contributed by atoms with van der Waals surface area (Å²) in [5, 5.41) is 2.72. The Morgan fingerprint density at radius 2 is 1.15 bits per heavy atom. The second kappa shape index (κ2) is 7.77. The van der Waals surface area contributed by atoms with Gasteiger partial charge in [0.2, 0.25) is 0 Å². The van der Waals surface area contributed by atoms with Crippen LogP contribution in [0.2, 0.25) is 0 Å². The Labute approximate surface area is 164 Å². The van der Waals surface area contributed by atoms with Gasteiger partial charge in [0.25, 0.3) is 0 Å². The van der Waals surface area contributed by atoms with E-state index in [1.54, 1.807) is 0 Å². The van der Waals surface area contributed by atoms with E-state index in [0.29, 0.717) is 0 Å². The Hall–Kier alpha value is -2.90. The van der Waals surface area contributed by atoms with Crippen LogP contribution in [0, 0.1) is 0 Å². The lowest BCUT2D eigenvalue weighted by Crippen LogP contribution is -1.82. The maximum atomic E-state index is 2.30. The molecule has 0 fully saturated rings. The SMILES string of the molecule is CC.c1ccc(-c2cccc(-c3cccc4sc5ccccc5c34)c2)cc1. The molecule has 0 aliphatic rings. The second-order valence-electron chi connectivity index (χ2n) is 6.22. The molecule has 0 aliphatic heterocycles. The molecule has 1 heterocycles. The average Bonchev–Trinajstić information content (AvgIpc) is 3.15. The fraction of sp³-hybridized carbons (Fsp3) is 0.0769. The van der Waals surface area contributed by atoms with E-state index in [1.165, 1.54) is 42.4 Å². The van der Waals surface area contributed by atoms with Crippen molar-refractivity contribution in [1.29, 1.82) is 0 Å². The molecule has 0 N–H and O–H groups in total. The highest BCUT2D eigenvalue weighted by molar-refractivity contribution is 7.25. The van der Waals surface area contributed by atoms with Crippen molar-refractivity contribution in [2.75, 3.05) is 0 Å². The Morgan fingerprint density at radius 1 is 0.519 bits per heavy atom. The van der Waals surface area contributed by atoms with Gasteiger partial charge in [0.05, 0.1) is 0 Å². The summed E-state index contributed by atoms with van der Waals surface area (Å²) < 4.78 is 2.70. The number of thiophene rings is 1. The first-order valence-corrected chi connectivity index (χ1v) is 10.3. The summed E-state index contributed by atoms with van der Waals surface area (Å²) in [6, 6.07) is 34.8. The van der Waals surface area contributed by atoms with E-state index in [0.717, 1.165) is 0 Å². The van der Waals surface area contributed by atoms with Crippen LogP contribution in [0.1, 0.15) is 13.8 Å². The van der Waals surface area contributed by atoms with Gasteiger partial charge in [-0.2, -0.15) is 0 Å². The molecule has 0 nitrogen and oxygen atoms in total. The molecule has 27 heavy (non-hydrogen) atoms. The van der Waals surface area contributed by atoms with Crippen LogP contribution in [0.25, 0.3) is 42.4 Å². The largest absolute Gasteiger partial charge is 0.135 e. The normalized spacial score (nSPS) is 10.6. The third kappa shape index (κ3) is 3.27. The van der Waals surface area contributed by atoms with Crippen molar-refractivity contribution in [3.05, 3.63) is 97.1 Å². The summed E-state index contributed by atoms with van der Waals surface area (Å²) >= 11 is 1.87. The molecule has 132 valence electrons. The Kier molecular flexibility index (Phi) is 5.04. The Balaban J connectivity index is 0.000000872. The monoisotopic (exact) mass is 366 g/mol. The van der Waals surface area contributed by atoms with E-state index < -0.39 is 0 Å². The lowest BCUT2D eigenvalue weighted by atomic mass is 9.96. The Morgan fingerprint density at radius 3 is 2.00 bits per heavy atom. The van der Waals surface area contributed by atoms with Crippen LogP contribution >= 0.6 is 11.3 Å². The van der Waals surface area contributed by atoms with Gasteiger partial charge >= 0.3 is 0 Å². The van der Waals surface area contributed by atoms with Crippen molar-refractivity contribution < 1.29 is 0 Å². The van der Waals surface area contributed by atoms with Crippen molar-refractivity contribution in [3.63, 3.8) is 0 Å². The highest BCUT2D eigenvalue weighted by Gasteiger charge is 2.11. The molecule has 1 aromatic heterocycles. The number of hydrogen-bond acceptors (Lipinski definition) is 1. The van der Waals surface area contributed by atoms with Crippen LogP contribution in [-0.4, -0.2) is 0 Å². The molecule has 0 atom stereocenters. The van der Waals surface area contributed by atoms with Crippen molar-refractivity contribution in [2.45, 2.75) is 13.8 Å². The van der Waals surface area contributed by atoms with Crippen molar-refractivity contribution in [3.8, 4) is 22.3 Å². The van der Waals surface area contributed by atoms with Crippen molar-refractivity contribution in [2.24, 2.45) is 0 Å². The zero-order chi connectivity index (χ0) is 18.6. The summed E-state index contributed by atoms with van der Waals surface area (Å²) in [6.45, 7) is 4.00. The van der Waals surface area contributed by atoms with Gasteiger partial charge in [0.15, 0.2) is 0 Å². The third-order valence-corrected chi connectivity index (χ3v) is 5.82. The maximum absolute atomic E-state index is 2.30. The number of rotatable bonds is 2. The smallest absolute Gasteiger partial charge is 0.0361 e. The summed E-state index contributed by atoms with van der Waals surface area (Å²) in [4.78, 5) is 0. The number of benzene rings is 4. The van der Waals surface area contributed by atoms with Gasteiger partial charge in [0, 0.05) is 20.2 Å². The summed E-state index contributed by atoms with van der Waals surface area (Å²) in [6.07, 6.45) is 0. The predicted molar refractivity (Wildman–Crippen MR) is 122 cm³/mol. The van der Waals surface area contributed by atoms with E-state index >= 15 is 0 Å². The fourth-order valence-electron chi connectivity index (χ4n) is 3.51. The quantitative estimate of drug-likeness (QED) is 0.294. The molecule has 0 saturated heterocycles. The fourth-order valence-corrected chi connectivity index (χ4v) is 4.64. The van der Waals surface area contributed by atoms with Gasteiger partial charge in [-0.3, -0.25) is 0 Å². The van der Waals surface area contributed by atoms with Crippen LogP contribution in [0.5, 0.6) is 0 Å². The van der Waals surface area contributed by atoms with Gasteiger partial charge in [-0.15, -0.1) is 11.3 Å². The summed E-state index contributed by atoms with van der Waals surface area (Å²) in [5.74, 6) is 0. The molecule has 0 aliphatic carbocycles. The van der Waals surface area contributed by atoms with E-state index in [1.807, 2.05) is 25.2 Å². The molecular weight excluding hydrogens is 344 g/mol. The van der Waals surface area contributed by atoms with Gasteiger partial charge in [-0.1, -0.05) is 92.7 Å². The van der Waals surface area contributed by atoms with Crippen LogP contribution in [0.15, 0.2) is 97.1 Å². The predicted octanol–water partition coefficient (Wildman–Crippen LogP) is 8.41. The molecule has 0 amide bonds. The molecular formula is C26H22S. The van der Waals surface area contributed by atoms with Crippen molar-refractivity contribution in [1.82, 2.24) is 0 Å². The Bertz CT molecular complexity index is 1180.